The molecule has 0 saturated heterocycles. The summed E-state index contributed by atoms with van der Waals surface area (Å²) in [5.41, 5.74) is 3.01. The zero-order valence-electron chi connectivity index (χ0n) is 13.1. The zero-order valence-corrected chi connectivity index (χ0v) is 13.9. The van der Waals surface area contributed by atoms with E-state index in [1.54, 1.807) is 6.33 Å². The third-order valence-corrected chi connectivity index (χ3v) is 4.34. The number of aryl methyl sites for hydroxylation is 1. The van der Waals surface area contributed by atoms with Crippen molar-refractivity contribution in [3.63, 3.8) is 0 Å². The van der Waals surface area contributed by atoms with Crippen LogP contribution in [0.15, 0.2) is 61.2 Å². The number of benzene rings is 2. The predicted octanol–water partition coefficient (Wildman–Crippen LogP) is 4.22. The topological polar surface area (TPSA) is 54.5 Å². The fraction of sp³-hybridized carbons (Fsp3) is 0.211. The Morgan fingerprint density at radius 3 is 2.62 bits per heavy atom. The maximum atomic E-state index is 9.41. The summed E-state index contributed by atoms with van der Waals surface area (Å²) in [7, 11) is 0. The third-order valence-electron chi connectivity index (χ3n) is 4.09. The van der Waals surface area contributed by atoms with E-state index in [0.29, 0.717) is 6.54 Å². The summed E-state index contributed by atoms with van der Waals surface area (Å²) in [4.78, 5) is 4.01. The highest BCUT2D eigenvalue weighted by Crippen LogP contribution is 2.26. The molecule has 0 spiro atoms. The number of nitrogens with zero attached hydrogens (tertiary/aromatic N) is 4. The number of hydrogen-bond donors (Lipinski definition) is 0. The largest absolute Gasteiger partial charge is 0.252 e. The molecule has 0 fully saturated rings. The lowest BCUT2D eigenvalue weighted by molar-refractivity contribution is 0.488. The summed E-state index contributed by atoms with van der Waals surface area (Å²) in [6, 6.07) is 18.0. The molecule has 0 bridgehead atoms. The van der Waals surface area contributed by atoms with Crippen LogP contribution >= 0.6 is 11.6 Å². The van der Waals surface area contributed by atoms with Gasteiger partial charge < -0.3 is 0 Å². The number of hydrogen-bond acceptors (Lipinski definition) is 3. The highest BCUT2D eigenvalue weighted by Gasteiger charge is 2.16. The lowest BCUT2D eigenvalue weighted by Crippen LogP contribution is -2.12. The highest BCUT2D eigenvalue weighted by atomic mass is 35.5. The van der Waals surface area contributed by atoms with Crippen molar-refractivity contribution in [2.24, 2.45) is 0 Å². The summed E-state index contributed by atoms with van der Waals surface area (Å²) in [5, 5.41) is 14.4. The smallest absolute Gasteiger partial charge is 0.137 e. The highest BCUT2D eigenvalue weighted by molar-refractivity contribution is 6.30. The normalized spacial score (nSPS) is 11.8. The van der Waals surface area contributed by atoms with Gasteiger partial charge in [-0.05, 0) is 42.2 Å². The summed E-state index contributed by atoms with van der Waals surface area (Å²) in [6.45, 7) is 0.701. The molecule has 0 aliphatic rings. The Kier molecular flexibility index (Phi) is 5.25. The van der Waals surface area contributed by atoms with Crippen LogP contribution in [0.25, 0.3) is 0 Å². The van der Waals surface area contributed by atoms with E-state index in [4.69, 9.17) is 11.6 Å². The maximum Gasteiger partial charge on any atom is 0.137 e. The molecule has 0 radical (unpaired) electrons. The molecule has 3 rings (SSSR count). The Hall–Kier alpha value is -2.64. The lowest BCUT2D eigenvalue weighted by atomic mass is 9.89. The second kappa shape index (κ2) is 7.76. The van der Waals surface area contributed by atoms with Gasteiger partial charge in [0, 0.05) is 17.5 Å². The van der Waals surface area contributed by atoms with E-state index in [2.05, 4.69) is 16.2 Å². The van der Waals surface area contributed by atoms with Crippen molar-refractivity contribution >= 4 is 11.6 Å². The van der Waals surface area contributed by atoms with Crippen LogP contribution in [0.2, 0.25) is 5.02 Å². The molecular weight excluding hydrogens is 320 g/mol. The van der Waals surface area contributed by atoms with E-state index in [9.17, 15) is 5.26 Å². The van der Waals surface area contributed by atoms with Crippen LogP contribution in [0.1, 0.15) is 29.0 Å². The monoisotopic (exact) mass is 336 g/mol. The van der Waals surface area contributed by atoms with Gasteiger partial charge in [0.05, 0.1) is 11.6 Å². The van der Waals surface area contributed by atoms with Crippen LogP contribution in [-0.4, -0.2) is 14.8 Å². The molecule has 0 amide bonds. The minimum Gasteiger partial charge on any atom is -0.252 e. The van der Waals surface area contributed by atoms with Crippen molar-refractivity contribution in [1.29, 1.82) is 5.26 Å². The minimum atomic E-state index is 0.193. The first-order chi connectivity index (χ1) is 11.8. The molecule has 0 saturated carbocycles. The van der Waals surface area contributed by atoms with Crippen LogP contribution in [0.4, 0.5) is 0 Å². The molecule has 1 unspecified atom stereocenters. The average Bonchev–Trinajstić information content (AvgIpc) is 3.13. The van der Waals surface area contributed by atoms with Gasteiger partial charge in [0.2, 0.25) is 0 Å². The van der Waals surface area contributed by atoms with Crippen molar-refractivity contribution in [3.8, 4) is 6.07 Å². The summed E-state index contributed by atoms with van der Waals surface area (Å²) >= 11 is 5.95. The molecule has 1 aromatic heterocycles. The van der Waals surface area contributed by atoms with Crippen molar-refractivity contribution < 1.29 is 0 Å². The van der Waals surface area contributed by atoms with E-state index in [1.165, 1.54) is 11.9 Å². The molecule has 1 atom stereocenters. The van der Waals surface area contributed by atoms with Gasteiger partial charge >= 0.3 is 0 Å². The molecule has 3 aromatic rings. The van der Waals surface area contributed by atoms with E-state index in [0.717, 1.165) is 29.0 Å². The van der Waals surface area contributed by atoms with Crippen LogP contribution in [0, 0.1) is 11.3 Å². The summed E-state index contributed by atoms with van der Waals surface area (Å²) < 4.78 is 1.82. The number of nitriles is 1. The standard InChI is InChI=1S/C19H17ClN4/c20-18-9-6-15(7-10-18)5-8-17(12-24-14-22-13-23-24)19-4-2-1-3-16(19)11-21/h1-4,6-7,9-10,13-14,17H,5,8,12H2. The van der Waals surface area contributed by atoms with Gasteiger partial charge in [-0.2, -0.15) is 10.4 Å². The summed E-state index contributed by atoms with van der Waals surface area (Å²) in [6.07, 6.45) is 5.08. The first-order valence-corrected chi connectivity index (χ1v) is 8.20. The van der Waals surface area contributed by atoms with Gasteiger partial charge in [0.15, 0.2) is 0 Å². The fourth-order valence-corrected chi connectivity index (χ4v) is 2.97. The molecule has 2 aromatic carbocycles. The maximum absolute atomic E-state index is 9.41. The van der Waals surface area contributed by atoms with Gasteiger partial charge in [-0.3, -0.25) is 4.68 Å². The second-order valence-electron chi connectivity index (χ2n) is 5.68. The molecule has 4 nitrogen and oxygen atoms in total. The van der Waals surface area contributed by atoms with Crippen molar-refractivity contribution in [1.82, 2.24) is 14.8 Å². The number of aromatic nitrogens is 3. The van der Waals surface area contributed by atoms with Crippen molar-refractivity contribution in [2.45, 2.75) is 25.3 Å². The van der Waals surface area contributed by atoms with Gasteiger partial charge in [0.1, 0.15) is 12.7 Å². The van der Waals surface area contributed by atoms with Gasteiger partial charge in [-0.25, -0.2) is 4.98 Å². The van der Waals surface area contributed by atoms with Gasteiger partial charge in [-0.15, -0.1) is 0 Å². The van der Waals surface area contributed by atoms with Crippen molar-refractivity contribution in [2.75, 3.05) is 0 Å². The second-order valence-corrected chi connectivity index (χ2v) is 6.12. The van der Waals surface area contributed by atoms with E-state index >= 15 is 0 Å². The zero-order chi connectivity index (χ0) is 16.8. The Morgan fingerprint density at radius 2 is 1.92 bits per heavy atom. The molecule has 1 heterocycles. The first kappa shape index (κ1) is 16.2. The average molecular weight is 337 g/mol. The Balaban J connectivity index is 1.82. The lowest BCUT2D eigenvalue weighted by Gasteiger charge is -2.18. The third kappa shape index (κ3) is 4.01. The van der Waals surface area contributed by atoms with Crippen LogP contribution < -0.4 is 0 Å². The molecule has 120 valence electrons. The molecule has 24 heavy (non-hydrogen) atoms. The Labute approximate surface area is 146 Å². The van der Waals surface area contributed by atoms with E-state index < -0.39 is 0 Å². The SMILES string of the molecule is N#Cc1ccccc1C(CCc1ccc(Cl)cc1)Cn1cncn1. The van der Waals surface area contributed by atoms with Gasteiger partial charge in [0.25, 0.3) is 0 Å². The quantitative estimate of drug-likeness (QED) is 0.677. The molecule has 0 N–H and O–H groups in total. The molecule has 5 heteroatoms. The van der Waals surface area contributed by atoms with E-state index in [-0.39, 0.29) is 5.92 Å². The minimum absolute atomic E-state index is 0.193. The molecule has 0 aliphatic carbocycles. The van der Waals surface area contributed by atoms with Gasteiger partial charge in [-0.1, -0.05) is 41.9 Å². The fourth-order valence-electron chi connectivity index (χ4n) is 2.84. The number of halogens is 1. The number of rotatable bonds is 6. The van der Waals surface area contributed by atoms with Crippen LogP contribution in [-0.2, 0) is 13.0 Å². The molecule has 0 aliphatic heterocycles. The Bertz CT molecular complexity index is 819. The van der Waals surface area contributed by atoms with Crippen LogP contribution in [0.3, 0.4) is 0 Å². The predicted molar refractivity (Wildman–Crippen MR) is 93.7 cm³/mol. The van der Waals surface area contributed by atoms with Crippen molar-refractivity contribution in [3.05, 3.63) is 82.9 Å². The van der Waals surface area contributed by atoms with Crippen LogP contribution in [0.5, 0.6) is 0 Å². The molecular formula is C19H17ClN4. The first-order valence-electron chi connectivity index (χ1n) is 7.82. The Morgan fingerprint density at radius 1 is 1.12 bits per heavy atom. The van der Waals surface area contributed by atoms with E-state index in [1.807, 2.05) is 53.2 Å². The summed E-state index contributed by atoms with van der Waals surface area (Å²) in [5.74, 6) is 0.193.